The Bertz CT molecular complexity index is 513. The SMILES string of the molecule is CNc1nnc(CCCCOc2cccc(C)c2)s1. The molecule has 0 atom stereocenters. The number of nitrogens with zero attached hydrogens (tertiary/aromatic N) is 2. The molecule has 19 heavy (non-hydrogen) atoms. The van der Waals surface area contributed by atoms with E-state index in [-0.39, 0.29) is 0 Å². The number of nitrogens with one attached hydrogen (secondary N) is 1. The molecule has 1 aromatic heterocycles. The van der Waals surface area contributed by atoms with Crippen molar-refractivity contribution in [2.45, 2.75) is 26.2 Å². The highest BCUT2D eigenvalue weighted by Crippen LogP contribution is 2.17. The van der Waals surface area contributed by atoms with Gasteiger partial charge in [-0.3, -0.25) is 0 Å². The van der Waals surface area contributed by atoms with Crippen molar-refractivity contribution >= 4 is 16.5 Å². The van der Waals surface area contributed by atoms with Crippen LogP contribution in [0.25, 0.3) is 0 Å². The summed E-state index contributed by atoms with van der Waals surface area (Å²) in [5.41, 5.74) is 1.23. The molecule has 0 aliphatic rings. The van der Waals surface area contributed by atoms with Crippen LogP contribution >= 0.6 is 11.3 Å². The van der Waals surface area contributed by atoms with Gasteiger partial charge >= 0.3 is 0 Å². The Morgan fingerprint density at radius 1 is 1.26 bits per heavy atom. The Morgan fingerprint density at radius 2 is 2.16 bits per heavy atom. The predicted octanol–water partition coefficient (Wildman–Crippen LogP) is 3.29. The summed E-state index contributed by atoms with van der Waals surface area (Å²) in [5.74, 6) is 0.952. The van der Waals surface area contributed by atoms with Crippen LogP contribution in [0.1, 0.15) is 23.4 Å². The molecule has 102 valence electrons. The summed E-state index contributed by atoms with van der Waals surface area (Å²) < 4.78 is 5.71. The minimum atomic E-state index is 0.751. The molecule has 0 amide bonds. The van der Waals surface area contributed by atoms with Crippen molar-refractivity contribution < 1.29 is 4.74 Å². The standard InChI is InChI=1S/C14H19N3OS/c1-11-6-5-7-12(10-11)18-9-4-3-8-13-16-17-14(15-2)19-13/h5-7,10H,3-4,8-9H2,1-2H3,(H,15,17). The van der Waals surface area contributed by atoms with Crippen molar-refractivity contribution in [3.63, 3.8) is 0 Å². The highest BCUT2D eigenvalue weighted by atomic mass is 32.1. The summed E-state index contributed by atoms with van der Waals surface area (Å²) in [6, 6.07) is 8.15. The van der Waals surface area contributed by atoms with Gasteiger partial charge in [-0.05, 0) is 37.5 Å². The van der Waals surface area contributed by atoms with Crippen LogP contribution in [-0.4, -0.2) is 23.9 Å². The molecule has 1 heterocycles. The fourth-order valence-electron chi connectivity index (χ4n) is 1.73. The molecule has 0 saturated heterocycles. The van der Waals surface area contributed by atoms with E-state index >= 15 is 0 Å². The molecular weight excluding hydrogens is 258 g/mol. The predicted molar refractivity (Wildman–Crippen MR) is 79.1 cm³/mol. The van der Waals surface area contributed by atoms with Crippen LogP contribution in [-0.2, 0) is 6.42 Å². The Morgan fingerprint density at radius 3 is 2.89 bits per heavy atom. The molecule has 5 heteroatoms. The van der Waals surface area contributed by atoms with E-state index in [9.17, 15) is 0 Å². The monoisotopic (exact) mass is 277 g/mol. The smallest absolute Gasteiger partial charge is 0.205 e. The van der Waals surface area contributed by atoms with Crippen molar-refractivity contribution in [1.82, 2.24) is 10.2 Å². The lowest BCUT2D eigenvalue weighted by Crippen LogP contribution is -1.98. The van der Waals surface area contributed by atoms with E-state index in [0.717, 1.165) is 41.8 Å². The first kappa shape index (κ1) is 13.8. The van der Waals surface area contributed by atoms with E-state index in [1.54, 1.807) is 11.3 Å². The second-order valence-corrected chi connectivity index (χ2v) is 5.44. The third-order valence-electron chi connectivity index (χ3n) is 2.72. The van der Waals surface area contributed by atoms with Crippen LogP contribution < -0.4 is 10.1 Å². The maximum Gasteiger partial charge on any atom is 0.205 e. The molecule has 4 nitrogen and oxygen atoms in total. The molecule has 2 aromatic rings. The van der Waals surface area contributed by atoms with Crippen molar-refractivity contribution in [3.8, 4) is 5.75 Å². The summed E-state index contributed by atoms with van der Waals surface area (Å²) in [7, 11) is 1.86. The number of hydrogen-bond acceptors (Lipinski definition) is 5. The quantitative estimate of drug-likeness (QED) is 0.789. The molecular formula is C14H19N3OS. The lowest BCUT2D eigenvalue weighted by atomic mass is 10.2. The van der Waals surface area contributed by atoms with Gasteiger partial charge in [0.15, 0.2) is 0 Å². The Labute approximate surface area is 117 Å². The molecule has 0 spiro atoms. The zero-order valence-electron chi connectivity index (χ0n) is 11.3. The van der Waals surface area contributed by atoms with E-state index in [1.165, 1.54) is 5.56 Å². The van der Waals surface area contributed by atoms with Gasteiger partial charge in [0.1, 0.15) is 10.8 Å². The van der Waals surface area contributed by atoms with Crippen LogP contribution in [0.15, 0.2) is 24.3 Å². The van der Waals surface area contributed by atoms with Gasteiger partial charge in [-0.2, -0.15) is 0 Å². The average Bonchev–Trinajstić information content (AvgIpc) is 2.86. The van der Waals surface area contributed by atoms with Crippen molar-refractivity contribution in [3.05, 3.63) is 34.8 Å². The number of rotatable bonds is 7. The topological polar surface area (TPSA) is 47.0 Å². The molecule has 1 N–H and O–H groups in total. The van der Waals surface area contributed by atoms with E-state index in [4.69, 9.17) is 4.74 Å². The van der Waals surface area contributed by atoms with Gasteiger partial charge < -0.3 is 10.1 Å². The van der Waals surface area contributed by atoms with Crippen LogP contribution in [0.4, 0.5) is 5.13 Å². The number of hydrogen-bond donors (Lipinski definition) is 1. The van der Waals surface area contributed by atoms with Gasteiger partial charge in [-0.25, -0.2) is 0 Å². The van der Waals surface area contributed by atoms with Gasteiger partial charge in [0.2, 0.25) is 5.13 Å². The largest absolute Gasteiger partial charge is 0.494 e. The first-order chi connectivity index (χ1) is 9.28. The minimum Gasteiger partial charge on any atom is -0.494 e. The van der Waals surface area contributed by atoms with E-state index in [1.807, 2.05) is 19.2 Å². The van der Waals surface area contributed by atoms with Crippen molar-refractivity contribution in [1.29, 1.82) is 0 Å². The Balaban J connectivity index is 1.64. The maximum atomic E-state index is 5.71. The van der Waals surface area contributed by atoms with E-state index in [2.05, 4.69) is 34.6 Å². The zero-order chi connectivity index (χ0) is 13.5. The molecule has 0 aliphatic heterocycles. The number of anilines is 1. The van der Waals surface area contributed by atoms with Crippen LogP contribution in [0.3, 0.4) is 0 Å². The zero-order valence-corrected chi connectivity index (χ0v) is 12.2. The van der Waals surface area contributed by atoms with Gasteiger partial charge in [0.05, 0.1) is 6.61 Å². The molecule has 0 aliphatic carbocycles. The second kappa shape index (κ2) is 7.09. The molecule has 0 radical (unpaired) electrons. The normalized spacial score (nSPS) is 10.4. The fourth-order valence-corrected chi connectivity index (χ4v) is 2.46. The van der Waals surface area contributed by atoms with Gasteiger partial charge in [0, 0.05) is 13.5 Å². The van der Waals surface area contributed by atoms with Crippen LogP contribution in [0.2, 0.25) is 0 Å². The van der Waals surface area contributed by atoms with Crippen LogP contribution in [0, 0.1) is 6.92 Å². The number of ether oxygens (including phenoxy) is 1. The number of aryl methyl sites for hydroxylation is 2. The van der Waals surface area contributed by atoms with Gasteiger partial charge in [-0.15, -0.1) is 10.2 Å². The average molecular weight is 277 g/mol. The second-order valence-electron chi connectivity index (χ2n) is 4.37. The Kier molecular flexibility index (Phi) is 5.15. The highest BCUT2D eigenvalue weighted by Gasteiger charge is 2.02. The van der Waals surface area contributed by atoms with Crippen molar-refractivity contribution in [2.24, 2.45) is 0 Å². The van der Waals surface area contributed by atoms with E-state index in [0.29, 0.717) is 0 Å². The fraction of sp³-hybridized carbons (Fsp3) is 0.429. The molecule has 0 fully saturated rings. The summed E-state index contributed by atoms with van der Waals surface area (Å²) >= 11 is 1.62. The number of aromatic nitrogens is 2. The summed E-state index contributed by atoms with van der Waals surface area (Å²) in [6.07, 6.45) is 3.07. The molecule has 2 rings (SSSR count). The van der Waals surface area contributed by atoms with Crippen LogP contribution in [0.5, 0.6) is 5.75 Å². The number of benzene rings is 1. The molecule has 0 bridgehead atoms. The third kappa shape index (κ3) is 4.52. The molecule has 0 unspecified atom stereocenters. The third-order valence-corrected chi connectivity index (χ3v) is 3.72. The summed E-state index contributed by atoms with van der Waals surface area (Å²) in [5, 5.41) is 13.1. The lowest BCUT2D eigenvalue weighted by Gasteiger charge is -2.06. The maximum absolute atomic E-state index is 5.71. The lowest BCUT2D eigenvalue weighted by molar-refractivity contribution is 0.306. The summed E-state index contributed by atoms with van der Waals surface area (Å²) in [4.78, 5) is 0. The first-order valence-corrected chi connectivity index (χ1v) is 7.29. The van der Waals surface area contributed by atoms with Gasteiger partial charge in [0.25, 0.3) is 0 Å². The highest BCUT2D eigenvalue weighted by molar-refractivity contribution is 7.15. The van der Waals surface area contributed by atoms with E-state index < -0.39 is 0 Å². The molecule has 0 saturated carbocycles. The Hall–Kier alpha value is -1.62. The minimum absolute atomic E-state index is 0.751. The summed E-state index contributed by atoms with van der Waals surface area (Å²) in [6.45, 7) is 2.82. The number of unbranched alkanes of at least 4 members (excludes halogenated alkanes) is 1. The molecule has 1 aromatic carbocycles. The first-order valence-electron chi connectivity index (χ1n) is 6.47. The van der Waals surface area contributed by atoms with Crippen molar-refractivity contribution in [2.75, 3.05) is 19.0 Å². The van der Waals surface area contributed by atoms with Gasteiger partial charge in [-0.1, -0.05) is 23.5 Å².